The lowest BCUT2D eigenvalue weighted by Gasteiger charge is -2.14. The third-order valence-corrected chi connectivity index (χ3v) is 3.79. The van der Waals surface area contributed by atoms with E-state index in [0.29, 0.717) is 12.3 Å². The Balaban J connectivity index is 1.47. The van der Waals surface area contributed by atoms with Crippen LogP contribution in [0.1, 0.15) is 0 Å². The second-order valence-electron chi connectivity index (χ2n) is 5.74. The summed E-state index contributed by atoms with van der Waals surface area (Å²) in [7, 11) is 0. The zero-order valence-electron chi connectivity index (χ0n) is 13.7. The Morgan fingerprint density at radius 2 is 1.48 bits per heavy atom. The van der Waals surface area contributed by atoms with E-state index in [1.54, 1.807) is 12.1 Å². The van der Waals surface area contributed by atoms with Crippen LogP contribution in [-0.2, 0) is 0 Å². The van der Waals surface area contributed by atoms with Gasteiger partial charge in [0, 0.05) is 12.2 Å². The van der Waals surface area contributed by atoms with Crippen molar-refractivity contribution in [2.45, 2.75) is 6.10 Å². The van der Waals surface area contributed by atoms with E-state index in [1.165, 1.54) is 12.1 Å². The summed E-state index contributed by atoms with van der Waals surface area (Å²) < 4.78 is 18.4. The number of ether oxygens (including phenoxy) is 1. The van der Waals surface area contributed by atoms with E-state index in [9.17, 15) is 9.50 Å². The van der Waals surface area contributed by atoms with E-state index in [2.05, 4.69) is 17.4 Å². The van der Waals surface area contributed by atoms with Crippen molar-refractivity contribution in [1.29, 1.82) is 0 Å². The van der Waals surface area contributed by atoms with Gasteiger partial charge in [0.05, 0.1) is 0 Å². The second kappa shape index (κ2) is 8.31. The number of aliphatic hydroxyl groups excluding tert-OH is 1. The summed E-state index contributed by atoms with van der Waals surface area (Å²) in [5.41, 5.74) is 3.02. The van der Waals surface area contributed by atoms with Gasteiger partial charge in [0.2, 0.25) is 0 Å². The molecule has 0 spiro atoms. The van der Waals surface area contributed by atoms with Crippen molar-refractivity contribution in [2.75, 3.05) is 18.5 Å². The summed E-state index contributed by atoms with van der Waals surface area (Å²) in [4.78, 5) is 0. The normalized spacial score (nSPS) is 11.8. The van der Waals surface area contributed by atoms with Crippen molar-refractivity contribution >= 4 is 5.69 Å². The van der Waals surface area contributed by atoms with E-state index in [0.717, 1.165) is 16.8 Å². The van der Waals surface area contributed by atoms with Gasteiger partial charge >= 0.3 is 0 Å². The minimum absolute atomic E-state index is 0.179. The Hall–Kier alpha value is -2.85. The lowest BCUT2D eigenvalue weighted by atomic mass is 10.1. The summed E-state index contributed by atoms with van der Waals surface area (Å²) in [6.07, 6.45) is -0.668. The van der Waals surface area contributed by atoms with Gasteiger partial charge in [-0.1, -0.05) is 42.5 Å². The molecule has 3 aromatic rings. The first-order valence-electron chi connectivity index (χ1n) is 8.16. The summed E-state index contributed by atoms with van der Waals surface area (Å²) in [5.74, 6) is 0.425. The molecule has 128 valence electrons. The molecule has 0 saturated heterocycles. The van der Waals surface area contributed by atoms with Crippen LogP contribution in [0.3, 0.4) is 0 Å². The molecule has 0 aliphatic carbocycles. The smallest absolute Gasteiger partial charge is 0.123 e. The van der Waals surface area contributed by atoms with Crippen molar-refractivity contribution in [3.8, 4) is 16.9 Å². The fourth-order valence-electron chi connectivity index (χ4n) is 2.43. The first kappa shape index (κ1) is 17.0. The first-order chi connectivity index (χ1) is 12.2. The van der Waals surface area contributed by atoms with Gasteiger partial charge in [0.25, 0.3) is 0 Å². The molecule has 0 radical (unpaired) electrons. The van der Waals surface area contributed by atoms with Crippen LogP contribution in [0.15, 0.2) is 78.9 Å². The number of anilines is 1. The summed E-state index contributed by atoms with van der Waals surface area (Å²) >= 11 is 0. The maximum absolute atomic E-state index is 12.8. The quantitative estimate of drug-likeness (QED) is 0.674. The topological polar surface area (TPSA) is 41.5 Å². The van der Waals surface area contributed by atoms with Gasteiger partial charge in [0.15, 0.2) is 0 Å². The van der Waals surface area contributed by atoms with Gasteiger partial charge in [-0.15, -0.1) is 0 Å². The summed E-state index contributed by atoms with van der Waals surface area (Å²) in [6.45, 7) is 0.507. The molecule has 1 atom stereocenters. The van der Waals surface area contributed by atoms with Gasteiger partial charge < -0.3 is 15.2 Å². The Kier molecular flexibility index (Phi) is 5.65. The third-order valence-electron chi connectivity index (χ3n) is 3.79. The molecule has 0 aliphatic rings. The largest absolute Gasteiger partial charge is 0.491 e. The maximum Gasteiger partial charge on any atom is 0.123 e. The summed E-state index contributed by atoms with van der Waals surface area (Å²) in [6, 6.07) is 23.9. The molecule has 3 aromatic carbocycles. The van der Waals surface area contributed by atoms with Crippen molar-refractivity contribution in [3.63, 3.8) is 0 Å². The minimum Gasteiger partial charge on any atom is -0.491 e. The molecular weight excluding hydrogens is 317 g/mol. The average molecular weight is 337 g/mol. The molecule has 2 N–H and O–H groups in total. The molecule has 0 aromatic heterocycles. The number of hydrogen-bond donors (Lipinski definition) is 2. The molecule has 3 nitrogen and oxygen atoms in total. The molecule has 4 heteroatoms. The van der Waals surface area contributed by atoms with E-state index < -0.39 is 6.10 Å². The van der Waals surface area contributed by atoms with E-state index >= 15 is 0 Å². The van der Waals surface area contributed by atoms with Crippen molar-refractivity contribution in [2.24, 2.45) is 0 Å². The van der Waals surface area contributed by atoms with Crippen molar-refractivity contribution in [3.05, 3.63) is 84.7 Å². The van der Waals surface area contributed by atoms with Gasteiger partial charge in [-0.2, -0.15) is 0 Å². The van der Waals surface area contributed by atoms with Crippen LogP contribution in [-0.4, -0.2) is 24.4 Å². The Labute approximate surface area is 146 Å². The number of hydrogen-bond acceptors (Lipinski definition) is 3. The zero-order valence-corrected chi connectivity index (χ0v) is 13.7. The van der Waals surface area contributed by atoms with Gasteiger partial charge in [-0.3, -0.25) is 0 Å². The lowest BCUT2D eigenvalue weighted by molar-refractivity contribution is 0.117. The Morgan fingerprint density at radius 3 is 2.16 bits per heavy atom. The average Bonchev–Trinajstić information content (AvgIpc) is 2.67. The van der Waals surface area contributed by atoms with Crippen molar-refractivity contribution in [1.82, 2.24) is 0 Å². The predicted molar refractivity (Wildman–Crippen MR) is 98.3 cm³/mol. The minimum atomic E-state index is -0.668. The van der Waals surface area contributed by atoms with E-state index in [4.69, 9.17) is 4.74 Å². The molecular formula is C21H20FNO2. The molecule has 0 amide bonds. The van der Waals surface area contributed by atoms with E-state index in [1.807, 2.05) is 42.5 Å². The zero-order chi connectivity index (χ0) is 17.5. The molecule has 25 heavy (non-hydrogen) atoms. The number of aliphatic hydroxyl groups is 1. The molecule has 0 fully saturated rings. The first-order valence-corrected chi connectivity index (χ1v) is 8.16. The van der Waals surface area contributed by atoms with E-state index in [-0.39, 0.29) is 12.4 Å². The monoisotopic (exact) mass is 337 g/mol. The molecule has 3 rings (SSSR count). The molecule has 0 aliphatic heterocycles. The summed E-state index contributed by atoms with van der Waals surface area (Å²) in [5, 5.41) is 13.0. The number of halogens is 1. The molecule has 0 unspecified atom stereocenters. The molecule has 0 bridgehead atoms. The fraction of sp³-hybridized carbons (Fsp3) is 0.143. The highest BCUT2D eigenvalue weighted by Crippen LogP contribution is 2.22. The van der Waals surface area contributed by atoms with Crippen LogP contribution < -0.4 is 10.1 Å². The highest BCUT2D eigenvalue weighted by molar-refractivity contribution is 5.63. The Morgan fingerprint density at radius 1 is 0.840 bits per heavy atom. The third kappa shape index (κ3) is 5.06. The van der Waals surface area contributed by atoms with Crippen molar-refractivity contribution < 1.29 is 14.2 Å². The number of nitrogens with one attached hydrogen (secondary N) is 1. The maximum atomic E-state index is 12.8. The second-order valence-corrected chi connectivity index (χ2v) is 5.74. The standard InChI is InChI=1S/C21H20FNO2/c22-18-8-10-19(11-9-18)23-14-20(24)15-25-21-12-6-17(7-13-21)16-4-2-1-3-5-16/h1-13,20,23-24H,14-15H2/t20-/m0/s1. The fourth-order valence-corrected chi connectivity index (χ4v) is 2.43. The van der Waals surface area contributed by atoms with Crippen LogP contribution >= 0.6 is 0 Å². The van der Waals surface area contributed by atoms with Crippen LogP contribution in [0.4, 0.5) is 10.1 Å². The van der Waals surface area contributed by atoms with Crippen LogP contribution in [0, 0.1) is 5.82 Å². The van der Waals surface area contributed by atoms with Crippen LogP contribution in [0.2, 0.25) is 0 Å². The Bertz CT molecular complexity index is 773. The molecule has 0 heterocycles. The number of rotatable bonds is 7. The predicted octanol–water partition coefficient (Wildman–Crippen LogP) is 4.34. The molecule has 0 saturated carbocycles. The SMILES string of the molecule is O[C@@H](CNc1ccc(F)cc1)COc1ccc(-c2ccccc2)cc1. The highest BCUT2D eigenvalue weighted by atomic mass is 19.1. The van der Waals surface area contributed by atoms with Gasteiger partial charge in [-0.05, 0) is 47.5 Å². The van der Waals surface area contributed by atoms with Gasteiger partial charge in [-0.25, -0.2) is 4.39 Å². The highest BCUT2D eigenvalue weighted by Gasteiger charge is 2.06. The lowest BCUT2D eigenvalue weighted by Crippen LogP contribution is -2.26. The van der Waals surface area contributed by atoms with Crippen LogP contribution in [0.5, 0.6) is 5.75 Å². The van der Waals surface area contributed by atoms with Gasteiger partial charge in [0.1, 0.15) is 24.3 Å². The van der Waals surface area contributed by atoms with Crippen LogP contribution in [0.25, 0.3) is 11.1 Å². The number of benzene rings is 3.